The van der Waals surface area contributed by atoms with Crippen LogP contribution in [0.15, 0.2) is 24.4 Å². The Labute approximate surface area is 114 Å². The van der Waals surface area contributed by atoms with Crippen molar-refractivity contribution in [3.05, 3.63) is 35.0 Å². The number of aromatic nitrogens is 1. The zero-order chi connectivity index (χ0) is 14.0. The molecule has 0 unspecified atom stereocenters. The number of hydrogen-bond acceptors (Lipinski definition) is 4. The highest BCUT2D eigenvalue weighted by atomic mass is 35.5. The monoisotopic (exact) mass is 280 g/mol. The number of rotatable bonds is 4. The van der Waals surface area contributed by atoms with Crippen molar-refractivity contribution in [2.24, 2.45) is 0 Å². The Morgan fingerprint density at radius 1 is 1.53 bits per heavy atom. The highest BCUT2D eigenvalue weighted by Crippen LogP contribution is 2.28. The third-order valence-corrected chi connectivity index (χ3v) is 2.87. The van der Waals surface area contributed by atoms with Gasteiger partial charge in [-0.25, -0.2) is 4.79 Å². The van der Waals surface area contributed by atoms with E-state index in [9.17, 15) is 15.0 Å². The molecule has 5 nitrogen and oxygen atoms in total. The molecule has 0 saturated heterocycles. The number of hydrogen-bond donors (Lipinski definition) is 3. The molecule has 0 amide bonds. The molecule has 0 fully saturated rings. The minimum atomic E-state index is -1.08. The fourth-order valence-electron chi connectivity index (χ4n) is 1.77. The Hall–Kier alpha value is -1.85. The van der Waals surface area contributed by atoms with E-state index in [1.165, 1.54) is 6.20 Å². The molecule has 0 radical (unpaired) electrons. The number of anilines is 1. The average molecular weight is 281 g/mol. The van der Waals surface area contributed by atoms with E-state index < -0.39 is 12.1 Å². The van der Waals surface area contributed by atoms with E-state index in [1.807, 2.05) is 0 Å². The SMILES string of the molecule is C[C@@H](O)CNc1c(C(=O)O)cnc2ccc(Cl)cc12. The number of carbonyl (C=O) groups is 1. The summed E-state index contributed by atoms with van der Waals surface area (Å²) >= 11 is 5.93. The van der Waals surface area contributed by atoms with Gasteiger partial charge < -0.3 is 15.5 Å². The number of aromatic carboxylic acids is 1. The molecule has 2 rings (SSSR count). The van der Waals surface area contributed by atoms with Gasteiger partial charge in [-0.15, -0.1) is 0 Å². The topological polar surface area (TPSA) is 82.5 Å². The third kappa shape index (κ3) is 2.94. The summed E-state index contributed by atoms with van der Waals surface area (Å²) in [6.07, 6.45) is 0.701. The van der Waals surface area contributed by atoms with Gasteiger partial charge in [0.05, 0.1) is 17.3 Å². The van der Waals surface area contributed by atoms with Crippen LogP contribution < -0.4 is 5.32 Å². The number of carboxylic acids is 1. The first-order chi connectivity index (χ1) is 8.99. The van der Waals surface area contributed by atoms with Crippen molar-refractivity contribution in [1.29, 1.82) is 0 Å². The van der Waals surface area contributed by atoms with Crippen molar-refractivity contribution in [3.63, 3.8) is 0 Å². The number of fused-ring (bicyclic) bond motifs is 1. The summed E-state index contributed by atoms with van der Waals surface area (Å²) < 4.78 is 0. The number of aliphatic hydroxyl groups is 1. The third-order valence-electron chi connectivity index (χ3n) is 2.63. The minimum absolute atomic E-state index is 0.0513. The van der Waals surface area contributed by atoms with Crippen LogP contribution in [0.4, 0.5) is 5.69 Å². The Morgan fingerprint density at radius 3 is 2.89 bits per heavy atom. The molecule has 2 aromatic rings. The molecule has 6 heteroatoms. The van der Waals surface area contributed by atoms with Crippen LogP contribution in [-0.2, 0) is 0 Å². The smallest absolute Gasteiger partial charge is 0.339 e. The van der Waals surface area contributed by atoms with Crippen LogP contribution in [0.3, 0.4) is 0 Å². The number of nitrogens with zero attached hydrogens (tertiary/aromatic N) is 1. The standard InChI is InChI=1S/C13H13ClN2O3/c1-7(17)5-16-12-9-4-8(14)2-3-11(9)15-6-10(12)13(18)19/h2-4,6-7,17H,5H2,1H3,(H,15,16)(H,18,19)/t7-/m1/s1. The van der Waals surface area contributed by atoms with Crippen LogP contribution in [0.5, 0.6) is 0 Å². The molecule has 1 aromatic heterocycles. The van der Waals surface area contributed by atoms with Gasteiger partial charge >= 0.3 is 5.97 Å². The van der Waals surface area contributed by atoms with E-state index in [0.717, 1.165) is 0 Å². The maximum Gasteiger partial charge on any atom is 0.339 e. The lowest BCUT2D eigenvalue weighted by atomic mass is 10.1. The fourth-order valence-corrected chi connectivity index (χ4v) is 1.94. The summed E-state index contributed by atoms with van der Waals surface area (Å²) in [5, 5.41) is 22.6. The Kier molecular flexibility index (Phi) is 3.87. The maximum atomic E-state index is 11.2. The molecule has 0 saturated carbocycles. The van der Waals surface area contributed by atoms with Gasteiger partial charge in [-0.3, -0.25) is 4.98 Å². The highest BCUT2D eigenvalue weighted by molar-refractivity contribution is 6.31. The molecule has 1 heterocycles. The van der Waals surface area contributed by atoms with Crippen LogP contribution in [0.1, 0.15) is 17.3 Å². The van der Waals surface area contributed by atoms with E-state index >= 15 is 0 Å². The lowest BCUT2D eigenvalue weighted by molar-refractivity contribution is 0.0697. The van der Waals surface area contributed by atoms with E-state index in [4.69, 9.17) is 11.6 Å². The van der Waals surface area contributed by atoms with Crippen LogP contribution in [0.2, 0.25) is 5.02 Å². The van der Waals surface area contributed by atoms with E-state index in [-0.39, 0.29) is 12.1 Å². The summed E-state index contributed by atoms with van der Waals surface area (Å²) in [4.78, 5) is 15.3. The van der Waals surface area contributed by atoms with Gasteiger partial charge in [0.15, 0.2) is 0 Å². The summed E-state index contributed by atoms with van der Waals surface area (Å²) in [5.41, 5.74) is 1.11. The number of halogens is 1. The Balaban J connectivity index is 2.61. The summed E-state index contributed by atoms with van der Waals surface area (Å²) in [6, 6.07) is 5.06. The maximum absolute atomic E-state index is 11.2. The van der Waals surface area contributed by atoms with Crippen molar-refractivity contribution in [1.82, 2.24) is 4.98 Å². The lowest BCUT2D eigenvalue weighted by Crippen LogP contribution is -2.17. The van der Waals surface area contributed by atoms with Crippen molar-refractivity contribution >= 4 is 34.2 Å². The number of carboxylic acid groups (broad SMARTS) is 1. The second-order valence-corrected chi connectivity index (χ2v) is 4.68. The Morgan fingerprint density at radius 2 is 2.26 bits per heavy atom. The van der Waals surface area contributed by atoms with Gasteiger partial charge in [-0.2, -0.15) is 0 Å². The number of nitrogens with one attached hydrogen (secondary N) is 1. The van der Waals surface area contributed by atoms with Crippen LogP contribution >= 0.6 is 11.6 Å². The molecule has 1 aromatic carbocycles. The fraction of sp³-hybridized carbons (Fsp3) is 0.231. The molecule has 100 valence electrons. The normalized spacial score (nSPS) is 12.4. The molecule has 19 heavy (non-hydrogen) atoms. The second-order valence-electron chi connectivity index (χ2n) is 4.24. The van der Waals surface area contributed by atoms with Gasteiger partial charge in [0.1, 0.15) is 5.56 Å². The molecule has 0 aliphatic carbocycles. The van der Waals surface area contributed by atoms with Crippen LogP contribution in [-0.4, -0.2) is 33.8 Å². The number of pyridine rings is 1. The van der Waals surface area contributed by atoms with E-state index in [0.29, 0.717) is 21.6 Å². The highest BCUT2D eigenvalue weighted by Gasteiger charge is 2.15. The number of benzene rings is 1. The zero-order valence-electron chi connectivity index (χ0n) is 10.2. The van der Waals surface area contributed by atoms with Gasteiger partial charge in [0.2, 0.25) is 0 Å². The molecule has 0 aliphatic heterocycles. The Bertz CT molecular complexity index is 629. The predicted octanol–water partition coefficient (Wildman–Crippen LogP) is 2.38. The number of aliphatic hydroxyl groups excluding tert-OH is 1. The van der Waals surface area contributed by atoms with Gasteiger partial charge in [-0.05, 0) is 25.1 Å². The van der Waals surface area contributed by atoms with Crippen LogP contribution in [0, 0.1) is 0 Å². The first-order valence-corrected chi connectivity index (χ1v) is 6.10. The quantitative estimate of drug-likeness (QED) is 0.801. The molecule has 3 N–H and O–H groups in total. The second kappa shape index (κ2) is 5.42. The van der Waals surface area contributed by atoms with Crippen molar-refractivity contribution in [2.45, 2.75) is 13.0 Å². The molecule has 0 aliphatic rings. The molecule has 0 bridgehead atoms. The first-order valence-electron chi connectivity index (χ1n) is 5.72. The lowest BCUT2D eigenvalue weighted by Gasteiger charge is -2.13. The van der Waals surface area contributed by atoms with Gasteiger partial charge in [0, 0.05) is 23.2 Å². The zero-order valence-corrected chi connectivity index (χ0v) is 11.0. The van der Waals surface area contributed by atoms with Crippen LogP contribution in [0.25, 0.3) is 10.9 Å². The van der Waals surface area contributed by atoms with Crippen molar-refractivity contribution < 1.29 is 15.0 Å². The van der Waals surface area contributed by atoms with Crippen molar-refractivity contribution in [2.75, 3.05) is 11.9 Å². The summed E-state index contributed by atoms with van der Waals surface area (Å²) in [7, 11) is 0. The van der Waals surface area contributed by atoms with E-state index in [1.54, 1.807) is 25.1 Å². The summed E-state index contributed by atoms with van der Waals surface area (Å²) in [6.45, 7) is 1.86. The molecular formula is C13H13ClN2O3. The first kappa shape index (κ1) is 13.6. The summed E-state index contributed by atoms with van der Waals surface area (Å²) in [5.74, 6) is -1.08. The largest absolute Gasteiger partial charge is 0.478 e. The molecular weight excluding hydrogens is 268 g/mol. The minimum Gasteiger partial charge on any atom is -0.478 e. The van der Waals surface area contributed by atoms with Gasteiger partial charge in [0.25, 0.3) is 0 Å². The average Bonchev–Trinajstić information content (AvgIpc) is 2.35. The van der Waals surface area contributed by atoms with Crippen molar-refractivity contribution in [3.8, 4) is 0 Å². The molecule has 0 spiro atoms. The van der Waals surface area contributed by atoms with Gasteiger partial charge in [-0.1, -0.05) is 11.6 Å². The predicted molar refractivity (Wildman–Crippen MR) is 73.9 cm³/mol. The van der Waals surface area contributed by atoms with E-state index in [2.05, 4.69) is 10.3 Å². The molecule has 1 atom stereocenters.